The molecule has 0 aliphatic rings. The third-order valence-electron chi connectivity index (χ3n) is 2.12. The Morgan fingerprint density at radius 1 is 1.47 bits per heavy atom. The second-order valence-corrected chi connectivity index (χ2v) is 4.59. The van der Waals surface area contributed by atoms with Gasteiger partial charge in [0.2, 0.25) is 0 Å². The van der Waals surface area contributed by atoms with Crippen molar-refractivity contribution < 1.29 is 14.7 Å². The molecule has 0 aromatic heterocycles. The van der Waals surface area contributed by atoms with Crippen LogP contribution in [-0.2, 0) is 4.79 Å². The summed E-state index contributed by atoms with van der Waals surface area (Å²) in [6.07, 6.45) is 2.31. The molecule has 2 amide bonds. The number of thioether (sulfide) groups is 1. The molecule has 0 aromatic carbocycles. The highest BCUT2D eigenvalue weighted by Gasteiger charge is 2.15. The number of hydrogen-bond acceptors (Lipinski definition) is 3. The molecule has 0 heterocycles. The summed E-state index contributed by atoms with van der Waals surface area (Å²) in [5.74, 6) is 0.278. The Bertz CT molecular complexity index is 259. The molecule has 0 aromatic rings. The second-order valence-electron chi connectivity index (χ2n) is 3.44. The van der Waals surface area contributed by atoms with Crippen molar-refractivity contribution in [3.8, 4) is 0 Å². The van der Waals surface area contributed by atoms with Crippen LogP contribution in [0.25, 0.3) is 0 Å². The van der Waals surface area contributed by atoms with E-state index in [1.54, 1.807) is 18.7 Å². The van der Waals surface area contributed by atoms with E-state index >= 15 is 0 Å². The van der Waals surface area contributed by atoms with Gasteiger partial charge in [-0.2, -0.15) is 11.8 Å². The Kier molecular flexibility index (Phi) is 9.33. The first-order valence-electron chi connectivity index (χ1n) is 5.55. The molecular weight excluding hydrogens is 240 g/mol. The molecule has 3 N–H and O–H groups in total. The number of carboxylic acid groups (broad SMARTS) is 1. The van der Waals surface area contributed by atoms with Crippen LogP contribution in [0.5, 0.6) is 0 Å². The van der Waals surface area contributed by atoms with Crippen molar-refractivity contribution in [2.24, 2.45) is 5.92 Å². The number of hydrogen-bond donors (Lipinski definition) is 3. The maximum Gasteiger partial charge on any atom is 0.314 e. The fraction of sp³-hybridized carbons (Fsp3) is 0.636. The average Bonchev–Trinajstić information content (AvgIpc) is 2.29. The molecule has 0 aliphatic carbocycles. The van der Waals surface area contributed by atoms with Gasteiger partial charge in [-0.25, -0.2) is 4.79 Å². The normalized spacial score (nSPS) is 11.6. The van der Waals surface area contributed by atoms with Crippen LogP contribution in [0.1, 0.15) is 13.3 Å². The SMILES string of the molecule is C=CCSCCNC(=O)NCC(CC)C(=O)O. The number of carbonyl (C=O) groups excluding carboxylic acids is 1. The van der Waals surface area contributed by atoms with Gasteiger partial charge >= 0.3 is 12.0 Å². The molecule has 0 aliphatic heterocycles. The maximum atomic E-state index is 11.3. The summed E-state index contributed by atoms with van der Waals surface area (Å²) in [5, 5.41) is 14.0. The van der Waals surface area contributed by atoms with Crippen LogP contribution in [-0.4, -0.2) is 41.7 Å². The highest BCUT2D eigenvalue weighted by Crippen LogP contribution is 2.00. The number of rotatable bonds is 9. The van der Waals surface area contributed by atoms with E-state index in [4.69, 9.17) is 5.11 Å². The number of nitrogens with one attached hydrogen (secondary N) is 2. The Morgan fingerprint density at radius 2 is 2.18 bits per heavy atom. The average molecular weight is 260 g/mol. The molecule has 0 rings (SSSR count). The second kappa shape index (κ2) is 10.0. The minimum Gasteiger partial charge on any atom is -0.481 e. The molecule has 0 spiro atoms. The van der Waals surface area contributed by atoms with E-state index in [2.05, 4.69) is 17.2 Å². The Labute approximate surface area is 106 Å². The lowest BCUT2D eigenvalue weighted by molar-refractivity contribution is -0.141. The maximum absolute atomic E-state index is 11.3. The summed E-state index contributed by atoms with van der Waals surface area (Å²) < 4.78 is 0. The summed E-state index contributed by atoms with van der Waals surface area (Å²) >= 11 is 1.67. The summed E-state index contributed by atoms with van der Waals surface area (Å²) in [7, 11) is 0. The summed E-state index contributed by atoms with van der Waals surface area (Å²) in [6.45, 7) is 6.10. The number of aliphatic carboxylic acids is 1. The lowest BCUT2D eigenvalue weighted by Gasteiger charge is -2.11. The van der Waals surface area contributed by atoms with Crippen LogP contribution in [0, 0.1) is 5.92 Å². The number of carbonyl (C=O) groups is 2. The molecule has 0 saturated heterocycles. The number of amides is 2. The zero-order valence-corrected chi connectivity index (χ0v) is 10.9. The lowest BCUT2D eigenvalue weighted by Crippen LogP contribution is -2.40. The molecule has 98 valence electrons. The minimum atomic E-state index is -0.880. The minimum absolute atomic E-state index is 0.164. The molecular formula is C11H20N2O3S. The van der Waals surface area contributed by atoms with Crippen molar-refractivity contribution in [3.63, 3.8) is 0 Å². The molecule has 0 radical (unpaired) electrons. The molecule has 0 saturated carbocycles. The van der Waals surface area contributed by atoms with Crippen LogP contribution in [0.15, 0.2) is 12.7 Å². The summed E-state index contributed by atoms with van der Waals surface area (Å²) in [4.78, 5) is 22.0. The Morgan fingerprint density at radius 3 is 2.71 bits per heavy atom. The van der Waals surface area contributed by atoms with Crippen LogP contribution in [0.4, 0.5) is 4.79 Å². The molecule has 1 unspecified atom stereocenters. The highest BCUT2D eigenvalue weighted by atomic mass is 32.2. The van der Waals surface area contributed by atoms with Gasteiger partial charge in [0.05, 0.1) is 5.92 Å². The standard InChI is InChI=1S/C11H20N2O3S/c1-3-6-17-7-5-12-11(16)13-8-9(4-2)10(14)15/h3,9H,1,4-8H2,2H3,(H,14,15)(H2,12,13,16). The van der Waals surface area contributed by atoms with Crippen LogP contribution in [0.3, 0.4) is 0 Å². The van der Waals surface area contributed by atoms with Gasteiger partial charge in [-0.05, 0) is 6.42 Å². The largest absolute Gasteiger partial charge is 0.481 e. The van der Waals surface area contributed by atoms with E-state index in [-0.39, 0.29) is 12.6 Å². The Balaban J connectivity index is 3.58. The summed E-state index contributed by atoms with van der Waals surface area (Å²) in [6, 6.07) is -0.316. The van der Waals surface area contributed by atoms with Crippen molar-refractivity contribution in [2.75, 3.05) is 24.6 Å². The number of urea groups is 1. The van der Waals surface area contributed by atoms with Gasteiger partial charge in [0.1, 0.15) is 0 Å². The van der Waals surface area contributed by atoms with E-state index in [0.717, 1.165) is 11.5 Å². The Hall–Kier alpha value is -1.17. The first-order valence-corrected chi connectivity index (χ1v) is 6.70. The van der Waals surface area contributed by atoms with Crippen LogP contribution < -0.4 is 10.6 Å². The molecule has 0 bridgehead atoms. The van der Waals surface area contributed by atoms with E-state index in [9.17, 15) is 9.59 Å². The molecule has 6 heteroatoms. The monoisotopic (exact) mass is 260 g/mol. The first-order chi connectivity index (χ1) is 8.11. The van der Waals surface area contributed by atoms with Crippen molar-refractivity contribution in [3.05, 3.63) is 12.7 Å². The van der Waals surface area contributed by atoms with E-state index in [0.29, 0.717) is 13.0 Å². The molecule has 17 heavy (non-hydrogen) atoms. The van der Waals surface area contributed by atoms with Crippen molar-refractivity contribution in [2.45, 2.75) is 13.3 Å². The van der Waals surface area contributed by atoms with Gasteiger partial charge in [0.15, 0.2) is 0 Å². The topological polar surface area (TPSA) is 78.4 Å². The molecule has 5 nitrogen and oxygen atoms in total. The van der Waals surface area contributed by atoms with Gasteiger partial charge in [-0.15, -0.1) is 6.58 Å². The van der Waals surface area contributed by atoms with E-state index in [1.807, 2.05) is 6.08 Å². The number of carboxylic acids is 1. The third-order valence-corrected chi connectivity index (χ3v) is 3.08. The van der Waals surface area contributed by atoms with Crippen LogP contribution in [0.2, 0.25) is 0 Å². The van der Waals surface area contributed by atoms with E-state index < -0.39 is 11.9 Å². The van der Waals surface area contributed by atoms with Gasteiger partial charge in [0, 0.05) is 24.6 Å². The van der Waals surface area contributed by atoms with Gasteiger partial charge in [-0.3, -0.25) is 4.79 Å². The highest BCUT2D eigenvalue weighted by molar-refractivity contribution is 7.99. The zero-order valence-electron chi connectivity index (χ0n) is 10.1. The predicted octanol–water partition coefficient (Wildman–Crippen LogP) is 1.32. The summed E-state index contributed by atoms with van der Waals surface area (Å²) in [5.41, 5.74) is 0. The predicted molar refractivity (Wildman–Crippen MR) is 70.3 cm³/mol. The fourth-order valence-corrected chi connectivity index (χ4v) is 1.67. The quantitative estimate of drug-likeness (QED) is 0.431. The van der Waals surface area contributed by atoms with Gasteiger partial charge < -0.3 is 15.7 Å². The van der Waals surface area contributed by atoms with Gasteiger partial charge in [-0.1, -0.05) is 13.0 Å². The van der Waals surface area contributed by atoms with Crippen LogP contribution >= 0.6 is 11.8 Å². The van der Waals surface area contributed by atoms with Crippen molar-refractivity contribution in [1.29, 1.82) is 0 Å². The van der Waals surface area contributed by atoms with Gasteiger partial charge in [0.25, 0.3) is 0 Å². The zero-order chi connectivity index (χ0) is 13.1. The van der Waals surface area contributed by atoms with Crippen molar-refractivity contribution >= 4 is 23.8 Å². The van der Waals surface area contributed by atoms with Crippen molar-refractivity contribution in [1.82, 2.24) is 10.6 Å². The smallest absolute Gasteiger partial charge is 0.314 e. The molecule has 1 atom stereocenters. The lowest BCUT2D eigenvalue weighted by atomic mass is 10.1. The first kappa shape index (κ1) is 15.8. The third kappa shape index (κ3) is 8.62. The molecule has 0 fully saturated rings. The fourth-order valence-electron chi connectivity index (χ4n) is 1.09. The van der Waals surface area contributed by atoms with E-state index in [1.165, 1.54) is 0 Å².